The SMILES string of the molecule is O=C1CC(C(=O)NCc2cccc(Cl)c2Cl)c2cccnc21. The summed E-state index contributed by atoms with van der Waals surface area (Å²) in [4.78, 5) is 28.3. The fourth-order valence-electron chi connectivity index (χ4n) is 2.55. The quantitative estimate of drug-likeness (QED) is 0.936. The highest BCUT2D eigenvalue weighted by Crippen LogP contribution is 2.32. The third-order valence-corrected chi connectivity index (χ3v) is 4.53. The lowest BCUT2D eigenvalue weighted by molar-refractivity contribution is -0.122. The van der Waals surface area contributed by atoms with Crippen LogP contribution in [0.5, 0.6) is 0 Å². The molecule has 1 unspecified atom stereocenters. The van der Waals surface area contributed by atoms with Crippen LogP contribution in [0.4, 0.5) is 0 Å². The number of amides is 1. The number of nitrogens with one attached hydrogen (secondary N) is 1. The number of ketones is 1. The van der Waals surface area contributed by atoms with E-state index in [4.69, 9.17) is 23.2 Å². The first-order chi connectivity index (χ1) is 10.6. The van der Waals surface area contributed by atoms with Crippen molar-refractivity contribution in [2.24, 2.45) is 0 Å². The summed E-state index contributed by atoms with van der Waals surface area (Å²) in [6.07, 6.45) is 1.71. The summed E-state index contributed by atoms with van der Waals surface area (Å²) in [7, 11) is 0. The molecule has 0 saturated heterocycles. The van der Waals surface area contributed by atoms with Crippen molar-refractivity contribution in [3.05, 3.63) is 63.4 Å². The largest absolute Gasteiger partial charge is 0.351 e. The molecule has 1 N–H and O–H groups in total. The highest BCUT2D eigenvalue weighted by Gasteiger charge is 2.34. The topological polar surface area (TPSA) is 59.1 Å². The number of aromatic nitrogens is 1. The number of Topliss-reactive ketones (excluding diaryl/α,β-unsaturated/α-hetero) is 1. The smallest absolute Gasteiger partial charge is 0.228 e. The molecule has 0 spiro atoms. The lowest BCUT2D eigenvalue weighted by atomic mass is 10.0. The first-order valence-electron chi connectivity index (χ1n) is 6.76. The van der Waals surface area contributed by atoms with Crippen LogP contribution in [-0.4, -0.2) is 16.7 Å². The molecule has 1 atom stereocenters. The lowest BCUT2D eigenvalue weighted by Crippen LogP contribution is -2.28. The van der Waals surface area contributed by atoms with E-state index < -0.39 is 5.92 Å². The van der Waals surface area contributed by atoms with E-state index in [1.54, 1.807) is 36.5 Å². The molecule has 1 heterocycles. The van der Waals surface area contributed by atoms with Gasteiger partial charge in [-0.3, -0.25) is 14.6 Å². The number of fused-ring (bicyclic) bond motifs is 1. The molecule has 1 aromatic carbocycles. The highest BCUT2D eigenvalue weighted by atomic mass is 35.5. The molecule has 0 bridgehead atoms. The van der Waals surface area contributed by atoms with Crippen molar-refractivity contribution >= 4 is 34.9 Å². The van der Waals surface area contributed by atoms with Gasteiger partial charge in [0.25, 0.3) is 0 Å². The number of nitrogens with zero attached hydrogens (tertiary/aromatic N) is 1. The number of benzene rings is 1. The van der Waals surface area contributed by atoms with Gasteiger partial charge in [0, 0.05) is 19.2 Å². The van der Waals surface area contributed by atoms with Crippen LogP contribution >= 0.6 is 23.2 Å². The van der Waals surface area contributed by atoms with Crippen LogP contribution in [0.15, 0.2) is 36.5 Å². The number of carbonyl (C=O) groups excluding carboxylic acids is 2. The molecule has 1 amide bonds. The van der Waals surface area contributed by atoms with E-state index in [0.717, 1.165) is 5.56 Å². The van der Waals surface area contributed by atoms with Gasteiger partial charge in [-0.25, -0.2) is 0 Å². The Hall–Kier alpha value is -1.91. The zero-order chi connectivity index (χ0) is 15.7. The number of rotatable bonds is 3. The molecule has 0 radical (unpaired) electrons. The maximum absolute atomic E-state index is 12.4. The summed E-state index contributed by atoms with van der Waals surface area (Å²) in [5, 5.41) is 3.68. The average Bonchev–Trinajstić information content (AvgIpc) is 2.86. The van der Waals surface area contributed by atoms with Crippen molar-refractivity contribution in [2.45, 2.75) is 18.9 Å². The zero-order valence-electron chi connectivity index (χ0n) is 11.5. The van der Waals surface area contributed by atoms with Crippen LogP contribution in [0.3, 0.4) is 0 Å². The first kappa shape index (κ1) is 15.0. The molecule has 2 aromatic rings. The van der Waals surface area contributed by atoms with Gasteiger partial charge in [-0.05, 0) is 23.3 Å². The monoisotopic (exact) mass is 334 g/mol. The van der Waals surface area contributed by atoms with E-state index in [1.165, 1.54) is 0 Å². The van der Waals surface area contributed by atoms with Crippen LogP contribution in [0, 0.1) is 0 Å². The number of carbonyl (C=O) groups is 2. The normalized spacial score (nSPS) is 16.5. The molecule has 6 heteroatoms. The second-order valence-corrected chi connectivity index (χ2v) is 5.84. The third-order valence-electron chi connectivity index (χ3n) is 3.67. The zero-order valence-corrected chi connectivity index (χ0v) is 13.0. The molecular weight excluding hydrogens is 323 g/mol. The molecular formula is C16H12Cl2N2O2. The van der Waals surface area contributed by atoms with Crippen LogP contribution in [-0.2, 0) is 11.3 Å². The minimum Gasteiger partial charge on any atom is -0.351 e. The summed E-state index contributed by atoms with van der Waals surface area (Å²) in [5.74, 6) is -0.804. The fourth-order valence-corrected chi connectivity index (χ4v) is 2.94. The molecule has 0 fully saturated rings. The molecule has 22 heavy (non-hydrogen) atoms. The fraction of sp³-hybridized carbons (Fsp3) is 0.188. The van der Waals surface area contributed by atoms with Gasteiger partial charge in [0.2, 0.25) is 5.91 Å². The van der Waals surface area contributed by atoms with Gasteiger partial charge in [-0.1, -0.05) is 41.4 Å². The van der Waals surface area contributed by atoms with Gasteiger partial charge in [0.05, 0.1) is 16.0 Å². The van der Waals surface area contributed by atoms with Crippen LogP contribution in [0.1, 0.15) is 34.0 Å². The number of hydrogen-bond donors (Lipinski definition) is 1. The summed E-state index contributed by atoms with van der Waals surface area (Å²) in [6.45, 7) is 0.262. The van der Waals surface area contributed by atoms with Gasteiger partial charge in [-0.15, -0.1) is 0 Å². The Balaban J connectivity index is 1.74. The first-order valence-corrected chi connectivity index (χ1v) is 7.52. The predicted molar refractivity (Wildman–Crippen MR) is 84.2 cm³/mol. The van der Waals surface area contributed by atoms with E-state index >= 15 is 0 Å². The second-order valence-electron chi connectivity index (χ2n) is 5.05. The van der Waals surface area contributed by atoms with E-state index in [0.29, 0.717) is 21.3 Å². The Kier molecular flexibility index (Phi) is 4.14. The van der Waals surface area contributed by atoms with Gasteiger partial charge in [0.15, 0.2) is 5.78 Å². The van der Waals surface area contributed by atoms with Gasteiger partial charge in [0.1, 0.15) is 5.69 Å². The second kappa shape index (κ2) is 6.07. The minimum atomic E-state index is -0.492. The Morgan fingerprint density at radius 2 is 2.09 bits per heavy atom. The molecule has 1 aliphatic rings. The lowest BCUT2D eigenvalue weighted by Gasteiger charge is -2.12. The minimum absolute atomic E-state index is 0.100. The maximum Gasteiger partial charge on any atom is 0.228 e. The van der Waals surface area contributed by atoms with E-state index in [9.17, 15) is 9.59 Å². The number of halogens is 2. The van der Waals surface area contributed by atoms with Crippen LogP contribution in [0.2, 0.25) is 10.0 Å². The van der Waals surface area contributed by atoms with Crippen LogP contribution < -0.4 is 5.32 Å². The Morgan fingerprint density at radius 1 is 1.27 bits per heavy atom. The summed E-state index contributed by atoms with van der Waals surface area (Å²) in [5.41, 5.74) is 1.81. The van der Waals surface area contributed by atoms with Gasteiger partial charge >= 0.3 is 0 Å². The summed E-state index contributed by atoms with van der Waals surface area (Å²) >= 11 is 12.0. The number of hydrogen-bond acceptors (Lipinski definition) is 3. The Bertz CT molecular complexity index is 762. The average molecular weight is 335 g/mol. The molecule has 3 rings (SSSR count). The third kappa shape index (κ3) is 2.72. The Labute approximate surface area is 137 Å². The maximum atomic E-state index is 12.4. The molecule has 0 saturated carbocycles. The Morgan fingerprint density at radius 3 is 2.91 bits per heavy atom. The van der Waals surface area contributed by atoms with E-state index in [1.807, 2.05) is 0 Å². The van der Waals surface area contributed by atoms with Crippen molar-refractivity contribution in [1.82, 2.24) is 10.3 Å². The van der Waals surface area contributed by atoms with Gasteiger partial charge in [-0.2, -0.15) is 0 Å². The molecule has 4 nitrogen and oxygen atoms in total. The molecule has 1 aromatic heterocycles. The van der Waals surface area contributed by atoms with Crippen molar-refractivity contribution in [3.63, 3.8) is 0 Å². The van der Waals surface area contributed by atoms with E-state index in [2.05, 4.69) is 10.3 Å². The molecule has 112 valence electrons. The van der Waals surface area contributed by atoms with Crippen molar-refractivity contribution in [2.75, 3.05) is 0 Å². The van der Waals surface area contributed by atoms with Crippen molar-refractivity contribution in [3.8, 4) is 0 Å². The van der Waals surface area contributed by atoms with Crippen molar-refractivity contribution < 1.29 is 9.59 Å². The predicted octanol–water partition coefficient (Wildman–Crippen LogP) is 3.37. The summed E-state index contributed by atoms with van der Waals surface area (Å²) < 4.78 is 0. The molecule has 1 aliphatic carbocycles. The number of pyridine rings is 1. The standard InChI is InChI=1S/C16H12Cl2N2O2/c17-12-5-1-3-9(14(12)18)8-20-16(22)11-7-13(21)15-10(11)4-2-6-19-15/h1-6,11H,7-8H2,(H,20,22). The van der Waals surface area contributed by atoms with Crippen molar-refractivity contribution in [1.29, 1.82) is 0 Å². The van der Waals surface area contributed by atoms with Gasteiger partial charge < -0.3 is 5.32 Å². The van der Waals surface area contributed by atoms with E-state index in [-0.39, 0.29) is 24.7 Å². The highest BCUT2D eigenvalue weighted by molar-refractivity contribution is 6.42. The van der Waals surface area contributed by atoms with Crippen LogP contribution in [0.25, 0.3) is 0 Å². The molecule has 0 aliphatic heterocycles. The summed E-state index contributed by atoms with van der Waals surface area (Å²) in [6, 6.07) is 8.75.